The van der Waals surface area contributed by atoms with Crippen LogP contribution in [0.15, 0.2) is 51.8 Å². The highest BCUT2D eigenvalue weighted by Crippen LogP contribution is 2.30. The molecule has 0 radical (unpaired) electrons. The monoisotopic (exact) mass is 372 g/mol. The van der Waals surface area contributed by atoms with Crippen LogP contribution in [-0.2, 0) is 10.1 Å². The van der Waals surface area contributed by atoms with Crippen LogP contribution in [0.5, 0.6) is 17.2 Å². The van der Waals surface area contributed by atoms with E-state index >= 15 is 0 Å². The third-order valence-corrected chi connectivity index (χ3v) is 4.42. The average Bonchev–Trinajstić information content (AvgIpc) is 2.47. The summed E-state index contributed by atoms with van der Waals surface area (Å²) >= 11 is 3.23. The Balaban J connectivity index is 2.35. The summed E-state index contributed by atoms with van der Waals surface area (Å²) in [7, 11) is -1.07. The Morgan fingerprint density at radius 1 is 0.905 bits per heavy atom. The minimum absolute atomic E-state index is 0.0461. The third kappa shape index (κ3) is 3.68. The number of halogens is 1. The number of methoxy groups -OCH3 is 2. The molecule has 0 N–H and O–H groups in total. The zero-order chi connectivity index (χ0) is 15.5. The van der Waals surface area contributed by atoms with Crippen LogP contribution in [0.2, 0.25) is 0 Å². The molecule has 0 saturated carbocycles. The molecule has 0 heterocycles. The minimum Gasteiger partial charge on any atom is -0.497 e. The SMILES string of the molecule is COc1ccc(OS(=O)(=O)c2cc(Br)ccc2OC)cc1. The van der Waals surface area contributed by atoms with Crippen molar-refractivity contribution in [1.29, 1.82) is 0 Å². The van der Waals surface area contributed by atoms with E-state index in [-0.39, 0.29) is 16.4 Å². The lowest BCUT2D eigenvalue weighted by atomic mass is 10.3. The van der Waals surface area contributed by atoms with Crippen molar-refractivity contribution in [2.45, 2.75) is 4.90 Å². The maximum Gasteiger partial charge on any atom is 0.342 e. The second-order valence-electron chi connectivity index (χ2n) is 4.01. The molecule has 0 aliphatic carbocycles. The van der Waals surface area contributed by atoms with Gasteiger partial charge in [0.15, 0.2) is 0 Å². The Hall–Kier alpha value is -1.73. The highest BCUT2D eigenvalue weighted by molar-refractivity contribution is 9.10. The van der Waals surface area contributed by atoms with Gasteiger partial charge in [0.1, 0.15) is 22.1 Å². The van der Waals surface area contributed by atoms with E-state index in [0.717, 1.165) is 0 Å². The van der Waals surface area contributed by atoms with E-state index in [1.807, 2.05) is 0 Å². The van der Waals surface area contributed by atoms with Crippen LogP contribution in [0.4, 0.5) is 0 Å². The van der Waals surface area contributed by atoms with E-state index in [9.17, 15) is 8.42 Å². The number of rotatable bonds is 5. The van der Waals surface area contributed by atoms with Gasteiger partial charge in [0, 0.05) is 4.47 Å². The Morgan fingerprint density at radius 3 is 2.10 bits per heavy atom. The molecule has 21 heavy (non-hydrogen) atoms. The standard InChI is InChI=1S/C14H13BrO5S/c1-18-11-4-6-12(7-5-11)20-21(16,17)14-9-10(15)3-8-13(14)19-2/h3-9H,1-2H3. The average molecular weight is 373 g/mol. The molecule has 0 atom stereocenters. The molecular formula is C14H13BrO5S. The van der Waals surface area contributed by atoms with Gasteiger partial charge >= 0.3 is 10.1 Å². The summed E-state index contributed by atoms with van der Waals surface area (Å²) in [5, 5.41) is 0. The van der Waals surface area contributed by atoms with Crippen LogP contribution in [0.25, 0.3) is 0 Å². The van der Waals surface area contributed by atoms with Gasteiger partial charge in [-0.3, -0.25) is 0 Å². The lowest BCUT2D eigenvalue weighted by molar-refractivity contribution is 0.397. The summed E-state index contributed by atoms with van der Waals surface area (Å²) in [5.41, 5.74) is 0. The number of hydrogen-bond donors (Lipinski definition) is 0. The first-order valence-corrected chi connectivity index (χ1v) is 8.08. The van der Waals surface area contributed by atoms with Crippen LogP contribution >= 0.6 is 15.9 Å². The topological polar surface area (TPSA) is 61.8 Å². The molecule has 0 aliphatic heterocycles. The van der Waals surface area contributed by atoms with Crippen molar-refractivity contribution < 1.29 is 22.1 Å². The fraction of sp³-hybridized carbons (Fsp3) is 0.143. The van der Waals surface area contributed by atoms with Crippen molar-refractivity contribution in [3.8, 4) is 17.2 Å². The van der Waals surface area contributed by atoms with Crippen LogP contribution in [0.3, 0.4) is 0 Å². The summed E-state index contributed by atoms with van der Waals surface area (Å²) in [5.74, 6) is 1.02. The summed E-state index contributed by atoms with van der Waals surface area (Å²) in [4.78, 5) is -0.0461. The third-order valence-electron chi connectivity index (χ3n) is 2.66. The predicted octanol–water partition coefficient (Wildman–Crippen LogP) is 3.23. The maximum atomic E-state index is 12.3. The van der Waals surface area contributed by atoms with Crippen molar-refractivity contribution in [2.24, 2.45) is 0 Å². The highest BCUT2D eigenvalue weighted by atomic mass is 79.9. The molecule has 0 saturated heterocycles. The van der Waals surface area contributed by atoms with Gasteiger partial charge in [-0.15, -0.1) is 0 Å². The summed E-state index contributed by atoms with van der Waals surface area (Å²) in [6.07, 6.45) is 0. The van der Waals surface area contributed by atoms with Gasteiger partial charge < -0.3 is 13.7 Å². The van der Waals surface area contributed by atoms with Gasteiger partial charge in [-0.2, -0.15) is 8.42 Å². The quantitative estimate of drug-likeness (QED) is 0.753. The Morgan fingerprint density at radius 2 is 1.52 bits per heavy atom. The van der Waals surface area contributed by atoms with E-state index in [1.165, 1.54) is 32.4 Å². The van der Waals surface area contributed by atoms with E-state index in [4.69, 9.17) is 13.7 Å². The molecular weight excluding hydrogens is 360 g/mol. The zero-order valence-corrected chi connectivity index (χ0v) is 13.8. The van der Waals surface area contributed by atoms with Crippen molar-refractivity contribution >= 4 is 26.0 Å². The molecule has 0 unspecified atom stereocenters. The molecule has 0 bridgehead atoms. The minimum atomic E-state index is -3.99. The van der Waals surface area contributed by atoms with Crippen molar-refractivity contribution in [3.05, 3.63) is 46.9 Å². The Kier molecular flexibility index (Phi) is 4.74. The van der Waals surface area contributed by atoms with Crippen LogP contribution < -0.4 is 13.7 Å². The van der Waals surface area contributed by atoms with Gasteiger partial charge in [-0.05, 0) is 42.5 Å². The molecule has 0 amide bonds. The molecule has 5 nitrogen and oxygen atoms in total. The first-order valence-electron chi connectivity index (χ1n) is 5.88. The van der Waals surface area contributed by atoms with Gasteiger partial charge in [0.2, 0.25) is 0 Å². The van der Waals surface area contributed by atoms with E-state index in [0.29, 0.717) is 10.2 Å². The number of benzene rings is 2. The lowest BCUT2D eigenvalue weighted by Gasteiger charge is -2.11. The molecule has 7 heteroatoms. The molecule has 0 fully saturated rings. The second-order valence-corrected chi connectivity index (χ2v) is 6.44. The summed E-state index contributed by atoms with van der Waals surface area (Å²) in [6, 6.07) is 10.9. The van der Waals surface area contributed by atoms with Crippen molar-refractivity contribution in [3.63, 3.8) is 0 Å². The van der Waals surface area contributed by atoms with Gasteiger partial charge in [0.05, 0.1) is 14.2 Å². The fourth-order valence-electron chi connectivity index (χ4n) is 1.65. The Labute approximate surface area is 131 Å². The van der Waals surface area contributed by atoms with E-state index in [2.05, 4.69) is 15.9 Å². The van der Waals surface area contributed by atoms with Crippen LogP contribution in [-0.4, -0.2) is 22.6 Å². The molecule has 0 aromatic heterocycles. The van der Waals surface area contributed by atoms with E-state index in [1.54, 1.807) is 24.3 Å². The first kappa shape index (κ1) is 15.7. The smallest absolute Gasteiger partial charge is 0.342 e. The van der Waals surface area contributed by atoms with Crippen molar-refractivity contribution in [1.82, 2.24) is 0 Å². The first-order chi connectivity index (χ1) is 9.96. The van der Waals surface area contributed by atoms with Crippen molar-refractivity contribution in [2.75, 3.05) is 14.2 Å². The van der Waals surface area contributed by atoms with E-state index < -0.39 is 10.1 Å². The summed E-state index contributed by atoms with van der Waals surface area (Å²) < 4.78 is 40.4. The summed E-state index contributed by atoms with van der Waals surface area (Å²) in [6.45, 7) is 0. The molecule has 112 valence electrons. The fourth-order valence-corrected chi connectivity index (χ4v) is 3.28. The molecule has 2 aromatic carbocycles. The van der Waals surface area contributed by atoms with Gasteiger partial charge in [-0.25, -0.2) is 0 Å². The number of hydrogen-bond acceptors (Lipinski definition) is 5. The largest absolute Gasteiger partial charge is 0.497 e. The van der Waals surface area contributed by atoms with Gasteiger partial charge in [0.25, 0.3) is 0 Å². The molecule has 2 rings (SSSR count). The lowest BCUT2D eigenvalue weighted by Crippen LogP contribution is -2.11. The van der Waals surface area contributed by atoms with Crippen LogP contribution in [0, 0.1) is 0 Å². The zero-order valence-electron chi connectivity index (χ0n) is 11.4. The molecule has 0 aliphatic rings. The van der Waals surface area contributed by atoms with Crippen LogP contribution in [0.1, 0.15) is 0 Å². The molecule has 0 spiro atoms. The predicted molar refractivity (Wildman–Crippen MR) is 81.5 cm³/mol. The Bertz CT molecular complexity index is 726. The normalized spacial score (nSPS) is 11.0. The maximum absolute atomic E-state index is 12.3. The second kappa shape index (κ2) is 6.36. The van der Waals surface area contributed by atoms with Gasteiger partial charge in [-0.1, -0.05) is 15.9 Å². The number of ether oxygens (including phenoxy) is 2. The molecule has 2 aromatic rings. The highest BCUT2D eigenvalue weighted by Gasteiger charge is 2.22.